The molecule has 0 atom stereocenters. The first kappa shape index (κ1) is 13.5. The number of piperidine rings is 1. The van der Waals surface area contributed by atoms with Crippen molar-refractivity contribution in [3.8, 4) is 0 Å². The van der Waals surface area contributed by atoms with Crippen LogP contribution in [0.1, 0.15) is 56.5 Å². The summed E-state index contributed by atoms with van der Waals surface area (Å²) in [6.45, 7) is 7.90. The summed E-state index contributed by atoms with van der Waals surface area (Å²) >= 11 is 0. The van der Waals surface area contributed by atoms with E-state index in [2.05, 4.69) is 28.7 Å². The first-order valence-corrected chi connectivity index (χ1v) is 7.39. The predicted molar refractivity (Wildman–Crippen MR) is 74.5 cm³/mol. The minimum absolute atomic E-state index is 1.02. The molecule has 0 amide bonds. The first-order valence-electron chi connectivity index (χ1n) is 7.39. The average molecular weight is 247 g/mol. The van der Waals surface area contributed by atoms with Crippen LogP contribution >= 0.6 is 0 Å². The van der Waals surface area contributed by atoms with Gasteiger partial charge in [-0.15, -0.1) is 0 Å². The first-order chi connectivity index (χ1) is 8.85. The van der Waals surface area contributed by atoms with Gasteiger partial charge in [0.05, 0.1) is 5.69 Å². The van der Waals surface area contributed by atoms with Crippen LogP contribution in [0.15, 0.2) is 6.33 Å². The number of rotatable bonds is 5. The fourth-order valence-corrected chi connectivity index (χ4v) is 2.80. The number of hydrogen-bond donors (Lipinski definition) is 0. The van der Waals surface area contributed by atoms with Crippen molar-refractivity contribution in [2.75, 3.05) is 13.1 Å². The average Bonchev–Trinajstić information content (AvgIpc) is 2.42. The highest BCUT2D eigenvalue weighted by atomic mass is 15.1. The molecule has 2 heterocycles. The van der Waals surface area contributed by atoms with Crippen molar-refractivity contribution in [2.24, 2.45) is 0 Å². The summed E-state index contributed by atoms with van der Waals surface area (Å²) in [5.74, 6) is 0. The highest BCUT2D eigenvalue weighted by Gasteiger charge is 2.15. The van der Waals surface area contributed by atoms with Gasteiger partial charge in [-0.3, -0.25) is 4.90 Å². The van der Waals surface area contributed by atoms with Crippen molar-refractivity contribution >= 4 is 0 Å². The number of likely N-dealkylation sites (tertiary alicyclic amines) is 1. The van der Waals surface area contributed by atoms with Gasteiger partial charge in [0, 0.05) is 12.2 Å². The quantitative estimate of drug-likeness (QED) is 0.801. The van der Waals surface area contributed by atoms with Crippen molar-refractivity contribution in [3.05, 3.63) is 23.3 Å². The molecule has 18 heavy (non-hydrogen) atoms. The van der Waals surface area contributed by atoms with Crippen LogP contribution in [-0.4, -0.2) is 28.0 Å². The van der Waals surface area contributed by atoms with Gasteiger partial charge in [-0.2, -0.15) is 0 Å². The highest BCUT2D eigenvalue weighted by Crippen LogP contribution is 2.18. The fraction of sp³-hybridized carbons (Fsp3) is 0.733. The molecule has 1 aromatic heterocycles. The van der Waals surface area contributed by atoms with E-state index in [4.69, 9.17) is 0 Å². The molecule has 0 radical (unpaired) electrons. The largest absolute Gasteiger partial charge is 0.298 e. The van der Waals surface area contributed by atoms with Gasteiger partial charge >= 0.3 is 0 Å². The molecule has 0 aromatic carbocycles. The van der Waals surface area contributed by atoms with Crippen LogP contribution in [0.3, 0.4) is 0 Å². The van der Waals surface area contributed by atoms with Crippen molar-refractivity contribution < 1.29 is 0 Å². The maximum atomic E-state index is 4.55. The van der Waals surface area contributed by atoms with Crippen LogP contribution in [0, 0.1) is 0 Å². The summed E-state index contributed by atoms with van der Waals surface area (Å²) in [6, 6.07) is 0. The molecule has 0 aliphatic carbocycles. The minimum Gasteiger partial charge on any atom is -0.298 e. The molecule has 0 N–H and O–H groups in total. The second-order valence-corrected chi connectivity index (χ2v) is 5.19. The Hall–Kier alpha value is -0.960. The van der Waals surface area contributed by atoms with Crippen molar-refractivity contribution in [2.45, 2.75) is 58.9 Å². The van der Waals surface area contributed by atoms with Gasteiger partial charge in [0.15, 0.2) is 0 Å². The zero-order valence-corrected chi connectivity index (χ0v) is 11.8. The third-order valence-electron chi connectivity index (χ3n) is 3.78. The van der Waals surface area contributed by atoms with Crippen molar-refractivity contribution in [3.63, 3.8) is 0 Å². The van der Waals surface area contributed by atoms with Crippen molar-refractivity contribution in [1.29, 1.82) is 0 Å². The van der Waals surface area contributed by atoms with Gasteiger partial charge in [-0.25, -0.2) is 9.97 Å². The van der Waals surface area contributed by atoms with Gasteiger partial charge in [-0.1, -0.05) is 26.7 Å². The number of aryl methyl sites for hydroxylation is 1. The number of nitrogens with zero attached hydrogens (tertiary/aromatic N) is 3. The molecular formula is C15H25N3. The molecule has 100 valence electrons. The zero-order valence-electron chi connectivity index (χ0n) is 11.8. The molecule has 2 rings (SSSR count). The Balaban J connectivity index is 2.14. The smallest absolute Gasteiger partial charge is 0.116 e. The van der Waals surface area contributed by atoms with E-state index in [0.717, 1.165) is 19.4 Å². The van der Waals surface area contributed by atoms with Crippen LogP contribution in [-0.2, 0) is 19.4 Å². The summed E-state index contributed by atoms with van der Waals surface area (Å²) in [4.78, 5) is 11.5. The van der Waals surface area contributed by atoms with E-state index >= 15 is 0 Å². The standard InChI is InChI=1S/C15H25N3/c1-3-8-13-14(4-2)16-12-17-15(13)11-18-9-6-5-7-10-18/h12H,3-11H2,1-2H3. The molecule has 3 heteroatoms. The maximum absolute atomic E-state index is 4.55. The number of hydrogen-bond acceptors (Lipinski definition) is 3. The molecule has 1 aliphatic heterocycles. The van der Waals surface area contributed by atoms with Gasteiger partial charge in [0.25, 0.3) is 0 Å². The van der Waals surface area contributed by atoms with Crippen LogP contribution < -0.4 is 0 Å². The third kappa shape index (κ3) is 3.29. The van der Waals surface area contributed by atoms with Gasteiger partial charge in [0.1, 0.15) is 6.33 Å². The molecule has 0 bridgehead atoms. The second-order valence-electron chi connectivity index (χ2n) is 5.19. The normalized spacial score (nSPS) is 17.0. The van der Waals surface area contributed by atoms with Crippen LogP contribution in [0.4, 0.5) is 0 Å². The van der Waals surface area contributed by atoms with Crippen LogP contribution in [0.25, 0.3) is 0 Å². The van der Waals surface area contributed by atoms with E-state index in [1.807, 2.05) is 0 Å². The molecule has 0 saturated carbocycles. The lowest BCUT2D eigenvalue weighted by Crippen LogP contribution is -2.30. The third-order valence-corrected chi connectivity index (χ3v) is 3.78. The van der Waals surface area contributed by atoms with Gasteiger partial charge in [-0.05, 0) is 44.3 Å². The summed E-state index contributed by atoms with van der Waals surface area (Å²) in [5.41, 5.74) is 3.93. The lowest BCUT2D eigenvalue weighted by molar-refractivity contribution is 0.217. The molecule has 1 aromatic rings. The Morgan fingerprint density at radius 3 is 2.44 bits per heavy atom. The molecular weight excluding hydrogens is 222 g/mol. The monoisotopic (exact) mass is 247 g/mol. The Bertz CT molecular complexity index is 370. The van der Waals surface area contributed by atoms with Gasteiger partial charge < -0.3 is 0 Å². The lowest BCUT2D eigenvalue weighted by Gasteiger charge is -2.27. The summed E-state index contributed by atoms with van der Waals surface area (Å²) < 4.78 is 0. The summed E-state index contributed by atoms with van der Waals surface area (Å²) in [5, 5.41) is 0. The van der Waals surface area contributed by atoms with E-state index in [9.17, 15) is 0 Å². The van der Waals surface area contributed by atoms with Crippen molar-refractivity contribution in [1.82, 2.24) is 14.9 Å². The predicted octanol–water partition coefficient (Wildman–Crippen LogP) is 2.98. The molecule has 3 nitrogen and oxygen atoms in total. The Morgan fingerprint density at radius 1 is 1.06 bits per heavy atom. The molecule has 0 unspecified atom stereocenters. The molecule has 1 aliphatic rings. The Kier molecular flexibility index (Phi) is 5.12. The topological polar surface area (TPSA) is 29.0 Å². The molecule has 1 saturated heterocycles. The van der Waals surface area contributed by atoms with E-state index in [-0.39, 0.29) is 0 Å². The molecule has 0 spiro atoms. The van der Waals surface area contributed by atoms with E-state index in [0.29, 0.717) is 0 Å². The Morgan fingerprint density at radius 2 is 1.78 bits per heavy atom. The summed E-state index contributed by atoms with van der Waals surface area (Å²) in [7, 11) is 0. The fourth-order valence-electron chi connectivity index (χ4n) is 2.80. The molecule has 1 fully saturated rings. The second kappa shape index (κ2) is 6.83. The van der Waals surface area contributed by atoms with Crippen LogP contribution in [0.2, 0.25) is 0 Å². The number of aromatic nitrogens is 2. The minimum atomic E-state index is 1.02. The van der Waals surface area contributed by atoms with Gasteiger partial charge in [0.2, 0.25) is 0 Å². The van der Waals surface area contributed by atoms with E-state index < -0.39 is 0 Å². The Labute approximate surface area is 111 Å². The highest BCUT2D eigenvalue weighted by molar-refractivity contribution is 5.25. The zero-order chi connectivity index (χ0) is 12.8. The SMILES string of the molecule is CCCc1c(CC)ncnc1CN1CCCCC1. The maximum Gasteiger partial charge on any atom is 0.116 e. The summed E-state index contributed by atoms with van der Waals surface area (Å²) in [6.07, 6.45) is 9.13. The lowest BCUT2D eigenvalue weighted by atomic mass is 10.0. The van der Waals surface area contributed by atoms with Crippen LogP contribution in [0.5, 0.6) is 0 Å². The van der Waals surface area contributed by atoms with E-state index in [1.165, 1.54) is 55.7 Å². The van der Waals surface area contributed by atoms with E-state index in [1.54, 1.807) is 6.33 Å².